The number of piperazine rings is 1. The van der Waals surface area contributed by atoms with E-state index < -0.39 is 24.2 Å². The molecule has 3 aliphatic rings. The minimum atomic E-state index is -0.874. The average molecular weight is 775 g/mol. The minimum Gasteiger partial charge on any atom is -0.493 e. The number of amides is 3. The first kappa shape index (κ1) is 40.9. The molecule has 3 aliphatic heterocycles. The van der Waals surface area contributed by atoms with E-state index in [1.807, 2.05) is 39.0 Å². The lowest BCUT2D eigenvalue weighted by molar-refractivity contribution is -0.123. The molecule has 2 bridgehead atoms. The number of anilines is 1. The molecule has 0 unspecified atom stereocenters. The number of benzene rings is 3. The van der Waals surface area contributed by atoms with Crippen molar-refractivity contribution in [2.45, 2.75) is 76.8 Å². The first-order valence-electron chi connectivity index (χ1n) is 19.4. The van der Waals surface area contributed by atoms with Crippen LogP contribution in [0.15, 0.2) is 74.4 Å². The van der Waals surface area contributed by atoms with Crippen LogP contribution < -0.4 is 34.9 Å². The molecule has 12 heteroatoms. The number of para-hydroxylation sites is 1. The van der Waals surface area contributed by atoms with Gasteiger partial charge in [0.25, 0.3) is 0 Å². The number of hydrogen-bond donors (Lipinski definition) is 3. The molecule has 6 rings (SSSR count). The Hall–Kier alpha value is -5.77. The number of nitrogens with one attached hydrogen (secondary N) is 3. The SMILES string of the molecule is C=CCOc1c(C)c(C)c(OCC=C)c2c1C[C@H]1[C@H]3c4c(cc(C)c(OC)c4OCC=C)C[C@@H]([C@H](C#N)N1[C@H]2CNC(=O)[C@H](C)NC(=O)Nc1ccccc1)N3C. The molecular formula is C45H54N6O6. The highest BCUT2D eigenvalue weighted by Gasteiger charge is 2.56. The average Bonchev–Trinajstić information content (AvgIpc) is 3.19. The molecule has 3 N–H and O–H groups in total. The van der Waals surface area contributed by atoms with Crippen molar-refractivity contribution in [3.63, 3.8) is 0 Å². The lowest BCUT2D eigenvalue weighted by atomic mass is 9.71. The third-order valence-electron chi connectivity index (χ3n) is 11.5. The lowest BCUT2D eigenvalue weighted by Crippen LogP contribution is -2.69. The fraction of sp³-hybridized carbons (Fsp3) is 0.400. The maximum atomic E-state index is 13.9. The predicted octanol–water partition coefficient (Wildman–Crippen LogP) is 6.41. The van der Waals surface area contributed by atoms with Gasteiger partial charge in [-0.3, -0.25) is 14.6 Å². The second-order valence-electron chi connectivity index (χ2n) is 14.8. The molecule has 1 saturated heterocycles. The molecule has 0 radical (unpaired) electrons. The van der Waals surface area contributed by atoms with Crippen molar-refractivity contribution in [3.05, 3.63) is 113 Å². The fourth-order valence-electron chi connectivity index (χ4n) is 8.94. The zero-order valence-corrected chi connectivity index (χ0v) is 33.8. The number of ether oxygens (including phenoxy) is 4. The summed E-state index contributed by atoms with van der Waals surface area (Å²) in [6, 6.07) is 10.7. The summed E-state index contributed by atoms with van der Waals surface area (Å²) in [6.07, 6.45) is 6.25. The predicted molar refractivity (Wildman–Crippen MR) is 221 cm³/mol. The van der Waals surface area contributed by atoms with Crippen LogP contribution in [-0.2, 0) is 17.6 Å². The third-order valence-corrected chi connectivity index (χ3v) is 11.5. The van der Waals surface area contributed by atoms with Gasteiger partial charge in [0.05, 0.1) is 25.3 Å². The van der Waals surface area contributed by atoms with E-state index in [1.54, 1.807) is 44.4 Å². The van der Waals surface area contributed by atoms with Crippen LogP contribution >= 0.6 is 0 Å². The van der Waals surface area contributed by atoms with E-state index in [4.69, 9.17) is 18.9 Å². The Labute approximate surface area is 336 Å². The van der Waals surface area contributed by atoms with Crippen LogP contribution in [0, 0.1) is 32.1 Å². The van der Waals surface area contributed by atoms with Crippen LogP contribution in [-0.4, -0.2) is 86.4 Å². The number of nitriles is 1. The molecule has 300 valence electrons. The quantitative estimate of drug-likeness (QED) is 0.150. The van der Waals surface area contributed by atoms with Gasteiger partial charge in [-0.25, -0.2) is 4.79 Å². The number of urea groups is 1. The van der Waals surface area contributed by atoms with E-state index >= 15 is 0 Å². The van der Waals surface area contributed by atoms with Gasteiger partial charge in [0.15, 0.2) is 11.5 Å². The second-order valence-corrected chi connectivity index (χ2v) is 14.8. The molecule has 3 amide bonds. The Morgan fingerprint density at radius 3 is 2.18 bits per heavy atom. The van der Waals surface area contributed by atoms with Gasteiger partial charge in [0.2, 0.25) is 5.91 Å². The smallest absolute Gasteiger partial charge is 0.319 e. The Kier molecular flexibility index (Phi) is 12.6. The molecule has 3 heterocycles. The number of rotatable bonds is 15. The number of methoxy groups -OCH3 is 1. The third kappa shape index (κ3) is 7.69. The lowest BCUT2D eigenvalue weighted by Gasteiger charge is -2.60. The van der Waals surface area contributed by atoms with Crippen LogP contribution in [0.1, 0.15) is 58.0 Å². The molecule has 3 aromatic rings. The van der Waals surface area contributed by atoms with Crippen LogP contribution in [0.25, 0.3) is 0 Å². The summed E-state index contributed by atoms with van der Waals surface area (Å²) < 4.78 is 25.5. The Morgan fingerprint density at radius 1 is 0.912 bits per heavy atom. The highest BCUT2D eigenvalue weighted by atomic mass is 16.5. The molecular weight excluding hydrogens is 721 g/mol. The zero-order chi connectivity index (χ0) is 41.0. The normalized spacial score (nSPS) is 21.2. The molecule has 0 saturated carbocycles. The number of carbonyl (C=O) groups excluding carboxylic acids is 2. The summed E-state index contributed by atoms with van der Waals surface area (Å²) in [5, 5.41) is 19.8. The minimum absolute atomic E-state index is 0.119. The molecule has 0 aliphatic carbocycles. The molecule has 12 nitrogen and oxygen atoms in total. The van der Waals surface area contributed by atoms with E-state index in [0.29, 0.717) is 35.8 Å². The van der Waals surface area contributed by atoms with Gasteiger partial charge < -0.3 is 34.9 Å². The van der Waals surface area contributed by atoms with E-state index in [9.17, 15) is 14.9 Å². The van der Waals surface area contributed by atoms with Crippen molar-refractivity contribution in [2.75, 3.05) is 45.8 Å². The number of carbonyl (C=O) groups is 2. The Bertz CT molecular complexity index is 2080. The Balaban J connectivity index is 1.49. The Morgan fingerprint density at radius 2 is 1.54 bits per heavy atom. The van der Waals surface area contributed by atoms with Gasteiger partial charge in [-0.1, -0.05) is 62.2 Å². The maximum absolute atomic E-state index is 13.9. The van der Waals surface area contributed by atoms with Crippen molar-refractivity contribution in [3.8, 4) is 29.1 Å². The molecule has 6 atom stereocenters. The molecule has 0 aromatic heterocycles. The van der Waals surface area contributed by atoms with Gasteiger partial charge in [-0.2, -0.15) is 5.26 Å². The standard InChI is InChI=1S/C45H54N6O6/c1-10-18-55-41-27(5)28(6)42(56-19-11-2)38-32(41)23-34-39-37-30(21-26(4)40(54-9)43(37)57-20-12-3)22-33(50(39)8)35(24-46)51(34)36(38)25-47-44(52)29(7)48-45(53)49-31-16-14-13-15-17-31/h10-17,21,29,33-36,39H,1-3,18-20,22-23,25H2,4-9H3,(H,47,52)(H2,48,49,53)/t29-,33-,34-,35-,36-,39-/m0/s1. The van der Waals surface area contributed by atoms with Gasteiger partial charge in [0.1, 0.15) is 43.4 Å². The number of hydrogen-bond acceptors (Lipinski definition) is 9. The van der Waals surface area contributed by atoms with Crippen molar-refractivity contribution in [2.24, 2.45) is 0 Å². The van der Waals surface area contributed by atoms with E-state index in [0.717, 1.165) is 44.7 Å². The summed E-state index contributed by atoms with van der Waals surface area (Å²) in [4.78, 5) is 31.4. The fourth-order valence-corrected chi connectivity index (χ4v) is 8.94. The summed E-state index contributed by atoms with van der Waals surface area (Å²) in [5.74, 6) is 2.36. The van der Waals surface area contributed by atoms with Crippen LogP contribution in [0.5, 0.6) is 23.0 Å². The summed E-state index contributed by atoms with van der Waals surface area (Å²) in [5.41, 5.74) is 7.31. The topological polar surface area (TPSA) is 137 Å². The maximum Gasteiger partial charge on any atom is 0.319 e. The van der Waals surface area contributed by atoms with Gasteiger partial charge >= 0.3 is 6.03 Å². The highest BCUT2D eigenvalue weighted by Crippen LogP contribution is 2.56. The number of nitrogens with zero attached hydrogens (tertiary/aromatic N) is 3. The number of fused-ring (bicyclic) bond motifs is 7. The van der Waals surface area contributed by atoms with Crippen molar-refractivity contribution < 1.29 is 28.5 Å². The van der Waals surface area contributed by atoms with Gasteiger partial charge in [-0.15, -0.1) is 0 Å². The van der Waals surface area contributed by atoms with Crippen molar-refractivity contribution in [1.82, 2.24) is 20.4 Å². The monoisotopic (exact) mass is 774 g/mol. The number of aryl methyl sites for hydroxylation is 1. The van der Waals surface area contributed by atoms with E-state index in [2.05, 4.69) is 64.7 Å². The van der Waals surface area contributed by atoms with Crippen LogP contribution in [0.2, 0.25) is 0 Å². The van der Waals surface area contributed by atoms with E-state index in [1.165, 1.54) is 0 Å². The van der Waals surface area contributed by atoms with Crippen molar-refractivity contribution in [1.29, 1.82) is 5.26 Å². The van der Waals surface area contributed by atoms with Crippen LogP contribution in [0.3, 0.4) is 0 Å². The second kappa shape index (κ2) is 17.6. The zero-order valence-electron chi connectivity index (χ0n) is 33.8. The summed E-state index contributed by atoms with van der Waals surface area (Å²) in [7, 11) is 3.73. The molecule has 1 fully saturated rings. The molecule has 0 spiro atoms. The van der Waals surface area contributed by atoms with Gasteiger partial charge in [0, 0.05) is 41.0 Å². The van der Waals surface area contributed by atoms with E-state index in [-0.39, 0.29) is 50.4 Å². The summed E-state index contributed by atoms with van der Waals surface area (Å²) in [6.45, 7) is 20.4. The first-order valence-corrected chi connectivity index (χ1v) is 19.4. The van der Waals surface area contributed by atoms with Gasteiger partial charge in [-0.05, 0) is 82.0 Å². The largest absolute Gasteiger partial charge is 0.493 e. The molecule has 3 aromatic carbocycles. The summed E-state index contributed by atoms with van der Waals surface area (Å²) >= 11 is 0. The van der Waals surface area contributed by atoms with Crippen LogP contribution in [0.4, 0.5) is 10.5 Å². The molecule has 57 heavy (non-hydrogen) atoms. The first-order chi connectivity index (χ1) is 27.5. The highest BCUT2D eigenvalue weighted by molar-refractivity contribution is 5.93. The number of likely N-dealkylation sites (N-methyl/N-ethyl adjacent to an activating group) is 1. The van der Waals surface area contributed by atoms with Crippen molar-refractivity contribution >= 4 is 17.6 Å².